The molecule has 0 amide bonds. The summed E-state index contributed by atoms with van der Waals surface area (Å²) in [5.41, 5.74) is 0.504. The first-order chi connectivity index (χ1) is 8.86. The normalized spacial score (nSPS) is 11.5. The van der Waals surface area contributed by atoms with Crippen LogP contribution in [-0.4, -0.2) is 23.4 Å². The highest BCUT2D eigenvalue weighted by molar-refractivity contribution is 8.13. The summed E-state index contributed by atoms with van der Waals surface area (Å²) in [4.78, 5) is -0.418. The zero-order chi connectivity index (χ0) is 14.0. The predicted octanol–water partition coefficient (Wildman–Crippen LogP) is 1.46. The average Bonchev–Trinajstić information content (AvgIpc) is 2.72. The highest BCUT2D eigenvalue weighted by atomic mass is 35.7. The number of hydrogen-bond donors (Lipinski definition) is 0. The number of hydrogen-bond acceptors (Lipinski definition) is 5. The van der Waals surface area contributed by atoms with E-state index in [1.165, 1.54) is 10.7 Å². The summed E-state index contributed by atoms with van der Waals surface area (Å²) in [6.07, 6.45) is 1.61. The average molecular weight is 306 g/mol. The van der Waals surface area contributed by atoms with E-state index in [1.807, 2.05) is 0 Å². The fourth-order valence-corrected chi connectivity index (χ4v) is 2.39. The van der Waals surface area contributed by atoms with E-state index < -0.39 is 19.8 Å². The van der Waals surface area contributed by atoms with Crippen molar-refractivity contribution in [2.75, 3.05) is 0 Å². The first-order valence-corrected chi connectivity index (χ1v) is 7.39. The fraction of sp³-hybridized carbons (Fsp3) is 0.200. The van der Waals surface area contributed by atoms with Crippen molar-refractivity contribution in [2.45, 2.75) is 11.5 Å². The summed E-state index contributed by atoms with van der Waals surface area (Å²) in [7, 11) is 2.81. The van der Waals surface area contributed by atoms with E-state index in [1.54, 1.807) is 13.2 Å². The van der Waals surface area contributed by atoms with Crippen molar-refractivity contribution in [1.29, 1.82) is 0 Å². The quantitative estimate of drug-likeness (QED) is 0.800. The number of halogens is 2. The molecule has 102 valence electrons. The van der Waals surface area contributed by atoms with Gasteiger partial charge in [-0.1, -0.05) is 5.21 Å². The number of aromatic nitrogens is 3. The highest BCUT2D eigenvalue weighted by Gasteiger charge is 2.18. The molecule has 0 aliphatic rings. The molecule has 0 aliphatic carbocycles. The summed E-state index contributed by atoms with van der Waals surface area (Å²) in [5, 5.41) is 7.47. The Morgan fingerprint density at radius 1 is 1.47 bits per heavy atom. The van der Waals surface area contributed by atoms with Crippen molar-refractivity contribution < 1.29 is 17.5 Å². The summed E-state index contributed by atoms with van der Waals surface area (Å²) in [6.45, 7) is -0.00111. The highest BCUT2D eigenvalue weighted by Crippen LogP contribution is 2.28. The minimum Gasteiger partial charge on any atom is -0.486 e. The molecular formula is C10H9ClFN3O3S. The molecule has 9 heteroatoms. The van der Waals surface area contributed by atoms with Crippen molar-refractivity contribution in [1.82, 2.24) is 15.0 Å². The van der Waals surface area contributed by atoms with Crippen LogP contribution in [0.15, 0.2) is 29.3 Å². The van der Waals surface area contributed by atoms with Crippen molar-refractivity contribution in [3.63, 3.8) is 0 Å². The van der Waals surface area contributed by atoms with Crippen LogP contribution in [0.4, 0.5) is 4.39 Å². The summed E-state index contributed by atoms with van der Waals surface area (Å²) >= 11 is 0. The van der Waals surface area contributed by atoms with Gasteiger partial charge in [0.1, 0.15) is 28.8 Å². The van der Waals surface area contributed by atoms with Crippen LogP contribution in [0.2, 0.25) is 0 Å². The first kappa shape index (κ1) is 13.8. The molecule has 0 spiro atoms. The smallest absolute Gasteiger partial charge is 0.265 e. The minimum absolute atomic E-state index is 0.00111. The van der Waals surface area contributed by atoms with Crippen LogP contribution in [0.5, 0.6) is 5.75 Å². The maximum atomic E-state index is 13.0. The Morgan fingerprint density at radius 2 is 2.21 bits per heavy atom. The van der Waals surface area contributed by atoms with E-state index in [4.69, 9.17) is 15.4 Å². The molecule has 0 unspecified atom stereocenters. The van der Waals surface area contributed by atoms with Crippen LogP contribution >= 0.6 is 10.7 Å². The largest absolute Gasteiger partial charge is 0.486 e. The lowest BCUT2D eigenvalue weighted by Crippen LogP contribution is -2.01. The molecule has 0 aliphatic heterocycles. The first-order valence-electron chi connectivity index (χ1n) is 5.08. The van der Waals surface area contributed by atoms with Gasteiger partial charge in [0.2, 0.25) is 0 Å². The van der Waals surface area contributed by atoms with Gasteiger partial charge in [-0.05, 0) is 18.2 Å². The Balaban J connectivity index is 2.25. The van der Waals surface area contributed by atoms with E-state index >= 15 is 0 Å². The van der Waals surface area contributed by atoms with Crippen molar-refractivity contribution >= 4 is 19.7 Å². The molecule has 2 aromatic rings. The van der Waals surface area contributed by atoms with Crippen molar-refractivity contribution in [3.8, 4) is 5.75 Å². The van der Waals surface area contributed by atoms with Gasteiger partial charge in [0.15, 0.2) is 0 Å². The predicted molar refractivity (Wildman–Crippen MR) is 64.8 cm³/mol. The summed E-state index contributed by atoms with van der Waals surface area (Å²) in [6, 6.07) is 3.08. The monoisotopic (exact) mass is 305 g/mol. The van der Waals surface area contributed by atoms with Crippen LogP contribution in [0.3, 0.4) is 0 Å². The van der Waals surface area contributed by atoms with E-state index in [0.717, 1.165) is 12.1 Å². The summed E-state index contributed by atoms with van der Waals surface area (Å²) < 4.78 is 42.4. The molecule has 19 heavy (non-hydrogen) atoms. The molecule has 0 bridgehead atoms. The molecule has 0 N–H and O–H groups in total. The third-order valence-corrected chi connectivity index (χ3v) is 3.54. The third-order valence-electron chi connectivity index (χ3n) is 2.19. The molecule has 2 rings (SSSR count). The van der Waals surface area contributed by atoms with Gasteiger partial charge in [0.25, 0.3) is 9.05 Å². The number of rotatable bonds is 4. The molecule has 6 nitrogen and oxygen atoms in total. The van der Waals surface area contributed by atoms with E-state index in [2.05, 4.69) is 10.3 Å². The fourth-order valence-electron chi connectivity index (χ4n) is 1.40. The van der Waals surface area contributed by atoms with E-state index in [9.17, 15) is 12.8 Å². The topological polar surface area (TPSA) is 74.1 Å². The van der Waals surface area contributed by atoms with Crippen LogP contribution in [0, 0.1) is 5.82 Å². The number of nitrogens with zero attached hydrogens (tertiary/aromatic N) is 3. The lowest BCUT2D eigenvalue weighted by molar-refractivity contribution is 0.292. The Morgan fingerprint density at radius 3 is 2.79 bits per heavy atom. The maximum absolute atomic E-state index is 13.0. The molecular weight excluding hydrogens is 297 g/mol. The number of benzene rings is 1. The van der Waals surface area contributed by atoms with E-state index in [0.29, 0.717) is 5.69 Å². The van der Waals surface area contributed by atoms with Crippen LogP contribution < -0.4 is 4.74 Å². The van der Waals surface area contributed by atoms with Gasteiger partial charge in [-0.2, -0.15) is 0 Å². The molecule has 1 heterocycles. The number of ether oxygens (including phenoxy) is 1. The molecule has 0 saturated heterocycles. The van der Waals surface area contributed by atoms with Gasteiger partial charge in [-0.3, -0.25) is 4.68 Å². The SMILES string of the molecule is Cn1cc(COc2ccc(F)cc2S(=O)(=O)Cl)nn1. The lowest BCUT2D eigenvalue weighted by Gasteiger charge is -2.08. The van der Waals surface area contributed by atoms with Crippen LogP contribution in [-0.2, 0) is 22.7 Å². The minimum atomic E-state index is -4.09. The Labute approximate surface area is 113 Å². The second-order valence-electron chi connectivity index (χ2n) is 3.70. The zero-order valence-electron chi connectivity index (χ0n) is 9.75. The van der Waals surface area contributed by atoms with E-state index in [-0.39, 0.29) is 12.4 Å². The van der Waals surface area contributed by atoms with Gasteiger partial charge in [0, 0.05) is 17.7 Å². The van der Waals surface area contributed by atoms with Gasteiger partial charge in [0.05, 0.1) is 6.20 Å². The van der Waals surface area contributed by atoms with Gasteiger partial charge in [-0.15, -0.1) is 5.10 Å². The van der Waals surface area contributed by atoms with Crippen molar-refractivity contribution in [3.05, 3.63) is 35.9 Å². The Kier molecular flexibility index (Phi) is 3.72. The molecule has 0 atom stereocenters. The maximum Gasteiger partial charge on any atom is 0.265 e. The second kappa shape index (κ2) is 5.14. The zero-order valence-corrected chi connectivity index (χ0v) is 11.3. The van der Waals surface area contributed by atoms with Gasteiger partial charge in [-0.25, -0.2) is 12.8 Å². The van der Waals surface area contributed by atoms with Crippen LogP contribution in [0.1, 0.15) is 5.69 Å². The van der Waals surface area contributed by atoms with Gasteiger partial charge >= 0.3 is 0 Å². The van der Waals surface area contributed by atoms with Crippen LogP contribution in [0.25, 0.3) is 0 Å². The second-order valence-corrected chi connectivity index (χ2v) is 6.24. The molecule has 1 aromatic heterocycles. The summed E-state index contributed by atoms with van der Waals surface area (Å²) in [5.74, 6) is -0.756. The standard InChI is InChI=1S/C10H9ClFN3O3S/c1-15-5-8(13-14-15)6-18-9-3-2-7(12)4-10(9)19(11,16)17/h2-5H,6H2,1H3. The Hall–Kier alpha value is -1.67. The molecule has 0 radical (unpaired) electrons. The lowest BCUT2D eigenvalue weighted by atomic mass is 10.3. The van der Waals surface area contributed by atoms with Gasteiger partial charge < -0.3 is 4.74 Å². The third kappa shape index (κ3) is 3.42. The molecule has 1 aromatic carbocycles. The molecule has 0 saturated carbocycles. The molecule has 0 fully saturated rings. The Bertz CT molecular complexity index is 702. The van der Waals surface area contributed by atoms with Crippen molar-refractivity contribution in [2.24, 2.45) is 7.05 Å². The number of aryl methyl sites for hydroxylation is 1.